The molecule has 1 N–H and O–H groups in total. The van der Waals surface area contributed by atoms with E-state index in [2.05, 4.69) is 9.55 Å². The minimum Gasteiger partial charge on any atom is -0.394 e. The van der Waals surface area contributed by atoms with Crippen LogP contribution in [-0.2, 0) is 11.2 Å². The van der Waals surface area contributed by atoms with Gasteiger partial charge in [0.2, 0.25) is 5.91 Å². The van der Waals surface area contributed by atoms with Gasteiger partial charge in [0.1, 0.15) is 5.82 Å². The molecule has 1 saturated heterocycles. The summed E-state index contributed by atoms with van der Waals surface area (Å²) in [4.78, 5) is 19.1. The lowest BCUT2D eigenvalue weighted by Crippen LogP contribution is -2.39. The molecule has 1 aromatic carbocycles. The number of halogens is 1. The quantitative estimate of drug-likeness (QED) is 0.871. The van der Waals surface area contributed by atoms with Crippen LogP contribution in [0.25, 0.3) is 0 Å². The molecule has 5 nitrogen and oxygen atoms in total. The summed E-state index contributed by atoms with van der Waals surface area (Å²) in [5, 5.41) is 10.2. The largest absolute Gasteiger partial charge is 0.394 e. The first-order valence-corrected chi connectivity index (χ1v) is 9.54. The van der Waals surface area contributed by atoms with Crippen LogP contribution in [-0.4, -0.2) is 45.2 Å². The minimum absolute atomic E-state index is 0.0251. The summed E-state index contributed by atoms with van der Waals surface area (Å²) >= 11 is 5.90. The Morgan fingerprint density at radius 3 is 2.58 bits per heavy atom. The number of aryl methyl sites for hydroxylation is 1. The molecule has 0 aliphatic carbocycles. The summed E-state index contributed by atoms with van der Waals surface area (Å²) in [5.74, 6) is 1.53. The number of carbonyl (C=O) groups is 1. The molecular weight excluding hydrogens is 350 g/mol. The summed E-state index contributed by atoms with van der Waals surface area (Å²) in [6, 6.07) is 7.48. The number of imidazole rings is 1. The molecule has 1 aliphatic rings. The molecule has 1 aromatic heterocycles. The van der Waals surface area contributed by atoms with Gasteiger partial charge in [0.05, 0.1) is 19.1 Å². The zero-order valence-electron chi connectivity index (χ0n) is 15.4. The van der Waals surface area contributed by atoms with Crippen molar-refractivity contribution in [3.8, 4) is 0 Å². The Morgan fingerprint density at radius 1 is 1.31 bits per heavy atom. The Morgan fingerprint density at radius 2 is 1.96 bits per heavy atom. The van der Waals surface area contributed by atoms with Crippen LogP contribution in [0.3, 0.4) is 0 Å². The molecule has 0 bridgehead atoms. The Labute approximate surface area is 159 Å². The summed E-state index contributed by atoms with van der Waals surface area (Å²) in [6.45, 7) is 5.62. The Bertz CT molecular complexity index is 749. The van der Waals surface area contributed by atoms with E-state index in [9.17, 15) is 9.90 Å². The summed E-state index contributed by atoms with van der Waals surface area (Å²) < 4.78 is 2.13. The van der Waals surface area contributed by atoms with Gasteiger partial charge in [-0.15, -0.1) is 0 Å². The predicted molar refractivity (Wildman–Crippen MR) is 102 cm³/mol. The maximum atomic E-state index is 12.6. The van der Waals surface area contributed by atoms with E-state index in [-0.39, 0.29) is 18.6 Å². The number of likely N-dealkylation sites (tertiary alicyclic amines) is 1. The van der Waals surface area contributed by atoms with Crippen molar-refractivity contribution in [2.45, 2.75) is 45.1 Å². The van der Waals surface area contributed by atoms with Gasteiger partial charge in [0.25, 0.3) is 0 Å². The van der Waals surface area contributed by atoms with Crippen LogP contribution in [0.5, 0.6) is 0 Å². The number of aromatic nitrogens is 2. The second-order valence-electron chi connectivity index (χ2n) is 7.12. The molecule has 0 unspecified atom stereocenters. The standard InChI is InChI=1S/C20H26ClN3O2/c1-14-12-22-20(24(14)15(2)13-25)17-7-9-23(10-8-17)19(26)11-16-3-5-18(21)6-4-16/h3-6,12,15,17,25H,7-11,13H2,1-2H3/t15-/m1/s1. The van der Waals surface area contributed by atoms with E-state index in [1.54, 1.807) is 0 Å². The van der Waals surface area contributed by atoms with Gasteiger partial charge in [0.15, 0.2) is 0 Å². The average molecular weight is 376 g/mol. The summed E-state index contributed by atoms with van der Waals surface area (Å²) in [6.07, 6.45) is 4.10. The van der Waals surface area contributed by atoms with Crippen LogP contribution >= 0.6 is 11.6 Å². The highest BCUT2D eigenvalue weighted by molar-refractivity contribution is 6.30. The lowest BCUT2D eigenvalue weighted by Gasteiger charge is -2.32. The molecule has 6 heteroatoms. The van der Waals surface area contributed by atoms with E-state index in [0.717, 1.165) is 43.0 Å². The van der Waals surface area contributed by atoms with Crippen molar-refractivity contribution in [1.29, 1.82) is 0 Å². The molecule has 140 valence electrons. The second-order valence-corrected chi connectivity index (χ2v) is 7.55. The lowest BCUT2D eigenvalue weighted by molar-refractivity contribution is -0.131. The van der Waals surface area contributed by atoms with Crippen LogP contribution in [0, 0.1) is 6.92 Å². The van der Waals surface area contributed by atoms with Gasteiger partial charge in [-0.2, -0.15) is 0 Å². The number of carbonyl (C=O) groups excluding carboxylic acids is 1. The Kier molecular flexibility index (Phi) is 5.99. The van der Waals surface area contributed by atoms with E-state index in [1.165, 1.54) is 0 Å². The number of piperidine rings is 1. The molecule has 26 heavy (non-hydrogen) atoms. The Balaban J connectivity index is 1.61. The average Bonchev–Trinajstić information content (AvgIpc) is 3.04. The maximum absolute atomic E-state index is 12.6. The maximum Gasteiger partial charge on any atom is 0.226 e. The van der Waals surface area contributed by atoms with Gasteiger partial charge in [-0.05, 0) is 44.4 Å². The van der Waals surface area contributed by atoms with Crippen molar-refractivity contribution < 1.29 is 9.90 Å². The highest BCUT2D eigenvalue weighted by Crippen LogP contribution is 2.30. The molecule has 1 aliphatic heterocycles. The Hall–Kier alpha value is -1.85. The molecular formula is C20H26ClN3O2. The van der Waals surface area contributed by atoms with Crippen LogP contribution < -0.4 is 0 Å². The third-order valence-electron chi connectivity index (χ3n) is 5.20. The van der Waals surface area contributed by atoms with Crippen LogP contribution in [0.2, 0.25) is 5.02 Å². The van der Waals surface area contributed by atoms with Gasteiger partial charge in [-0.25, -0.2) is 4.98 Å². The van der Waals surface area contributed by atoms with Crippen molar-refractivity contribution in [3.63, 3.8) is 0 Å². The van der Waals surface area contributed by atoms with Gasteiger partial charge in [-0.1, -0.05) is 23.7 Å². The van der Waals surface area contributed by atoms with E-state index in [1.807, 2.05) is 49.2 Å². The van der Waals surface area contributed by atoms with Crippen LogP contribution in [0.1, 0.15) is 48.8 Å². The fourth-order valence-electron chi connectivity index (χ4n) is 3.70. The van der Waals surface area contributed by atoms with Crippen LogP contribution in [0.4, 0.5) is 0 Å². The SMILES string of the molecule is Cc1cnc(C2CCN(C(=O)Cc3ccc(Cl)cc3)CC2)n1[C@H](C)CO. The van der Waals surface area contributed by atoms with Gasteiger partial charge >= 0.3 is 0 Å². The lowest BCUT2D eigenvalue weighted by atomic mass is 9.95. The summed E-state index contributed by atoms with van der Waals surface area (Å²) in [7, 11) is 0. The second kappa shape index (κ2) is 8.23. The first-order valence-electron chi connectivity index (χ1n) is 9.16. The van der Waals surface area contributed by atoms with Gasteiger partial charge < -0.3 is 14.6 Å². The number of benzene rings is 1. The zero-order valence-corrected chi connectivity index (χ0v) is 16.1. The van der Waals surface area contributed by atoms with Crippen molar-refractivity contribution in [2.75, 3.05) is 19.7 Å². The van der Waals surface area contributed by atoms with E-state index >= 15 is 0 Å². The third-order valence-corrected chi connectivity index (χ3v) is 5.45. The van der Waals surface area contributed by atoms with Crippen molar-refractivity contribution >= 4 is 17.5 Å². The monoisotopic (exact) mass is 375 g/mol. The number of hydrogen-bond donors (Lipinski definition) is 1. The fourth-order valence-corrected chi connectivity index (χ4v) is 3.82. The van der Waals surface area contributed by atoms with Gasteiger partial charge in [-0.3, -0.25) is 4.79 Å². The van der Waals surface area contributed by atoms with Crippen molar-refractivity contribution in [1.82, 2.24) is 14.5 Å². The number of amides is 1. The highest BCUT2D eigenvalue weighted by atomic mass is 35.5. The highest BCUT2D eigenvalue weighted by Gasteiger charge is 2.28. The first-order chi connectivity index (χ1) is 12.5. The first kappa shape index (κ1) is 18.9. The van der Waals surface area contributed by atoms with E-state index < -0.39 is 0 Å². The number of rotatable bonds is 5. The molecule has 2 heterocycles. The molecule has 1 amide bonds. The predicted octanol–water partition coefficient (Wildman–Crippen LogP) is 3.35. The van der Waals surface area contributed by atoms with E-state index in [0.29, 0.717) is 17.4 Å². The summed E-state index contributed by atoms with van der Waals surface area (Å²) in [5.41, 5.74) is 2.06. The van der Waals surface area contributed by atoms with Gasteiger partial charge in [0, 0.05) is 35.9 Å². The van der Waals surface area contributed by atoms with Crippen molar-refractivity contribution in [2.24, 2.45) is 0 Å². The number of nitrogens with zero attached hydrogens (tertiary/aromatic N) is 3. The topological polar surface area (TPSA) is 58.4 Å². The molecule has 0 spiro atoms. The molecule has 3 rings (SSSR count). The van der Waals surface area contributed by atoms with Crippen molar-refractivity contribution in [3.05, 3.63) is 52.6 Å². The number of hydrogen-bond acceptors (Lipinski definition) is 3. The normalized spacial score (nSPS) is 16.7. The molecule has 2 aromatic rings. The number of aliphatic hydroxyl groups excluding tert-OH is 1. The molecule has 0 saturated carbocycles. The molecule has 1 atom stereocenters. The molecule has 0 radical (unpaired) electrons. The third kappa shape index (κ3) is 4.10. The molecule has 1 fully saturated rings. The van der Waals surface area contributed by atoms with E-state index in [4.69, 9.17) is 11.6 Å². The number of aliphatic hydroxyl groups is 1. The fraction of sp³-hybridized carbons (Fsp3) is 0.500. The zero-order chi connectivity index (χ0) is 18.7. The minimum atomic E-state index is 0.0251. The van der Waals surface area contributed by atoms with Crippen LogP contribution in [0.15, 0.2) is 30.5 Å². The smallest absolute Gasteiger partial charge is 0.226 e.